The highest BCUT2D eigenvalue weighted by atomic mass is 79.9. The van der Waals surface area contributed by atoms with Gasteiger partial charge in [-0.3, -0.25) is 0 Å². The minimum atomic E-state index is -1.14. The monoisotopic (exact) mass is 377 g/mol. The van der Waals surface area contributed by atoms with Crippen molar-refractivity contribution in [3.8, 4) is 0 Å². The first kappa shape index (κ1) is 15.8. The molecule has 1 aromatic heterocycles. The Labute approximate surface area is 142 Å². The predicted octanol–water partition coefficient (Wildman–Crippen LogP) is 3.84. The van der Waals surface area contributed by atoms with Crippen LogP contribution in [0.25, 0.3) is 0 Å². The zero-order valence-electron chi connectivity index (χ0n) is 12.6. The molecule has 0 saturated heterocycles. The van der Waals surface area contributed by atoms with Gasteiger partial charge in [-0.2, -0.15) is 0 Å². The Bertz CT molecular complexity index is 781. The number of carboxylic acid groups (broad SMARTS) is 1. The SMILES string of the molecule is COC(=O)c1cc2c(n1C(=O)O)CCC2Cc1cccc(Br)c1. The third-order valence-electron chi connectivity index (χ3n) is 4.26. The summed E-state index contributed by atoms with van der Waals surface area (Å²) in [5, 5.41) is 9.42. The molecule has 1 heterocycles. The van der Waals surface area contributed by atoms with Gasteiger partial charge in [0.1, 0.15) is 5.69 Å². The van der Waals surface area contributed by atoms with E-state index in [-0.39, 0.29) is 11.6 Å². The van der Waals surface area contributed by atoms with Gasteiger partial charge in [-0.15, -0.1) is 0 Å². The van der Waals surface area contributed by atoms with Crippen LogP contribution in [-0.2, 0) is 17.6 Å². The summed E-state index contributed by atoms with van der Waals surface area (Å²) in [5.74, 6) is -0.411. The van der Waals surface area contributed by atoms with E-state index in [9.17, 15) is 14.7 Å². The van der Waals surface area contributed by atoms with Crippen LogP contribution >= 0.6 is 15.9 Å². The molecule has 0 aliphatic heterocycles. The summed E-state index contributed by atoms with van der Waals surface area (Å²) in [7, 11) is 1.26. The van der Waals surface area contributed by atoms with Gasteiger partial charge in [0.2, 0.25) is 0 Å². The smallest absolute Gasteiger partial charge is 0.416 e. The molecule has 0 fully saturated rings. The van der Waals surface area contributed by atoms with Crippen molar-refractivity contribution < 1.29 is 19.4 Å². The van der Waals surface area contributed by atoms with E-state index >= 15 is 0 Å². The highest BCUT2D eigenvalue weighted by molar-refractivity contribution is 9.10. The van der Waals surface area contributed by atoms with E-state index in [1.807, 2.05) is 12.1 Å². The predicted molar refractivity (Wildman–Crippen MR) is 88.1 cm³/mol. The normalized spacial score (nSPS) is 16.2. The molecule has 6 heteroatoms. The number of aromatic nitrogens is 1. The lowest BCUT2D eigenvalue weighted by atomic mass is 9.95. The molecule has 1 aliphatic rings. The Kier molecular flexibility index (Phi) is 4.26. The Morgan fingerprint density at radius 1 is 1.39 bits per heavy atom. The molecule has 2 aromatic rings. The maximum atomic E-state index is 11.8. The van der Waals surface area contributed by atoms with Gasteiger partial charge in [0, 0.05) is 10.2 Å². The van der Waals surface area contributed by atoms with Crippen molar-refractivity contribution in [3.05, 3.63) is 57.3 Å². The van der Waals surface area contributed by atoms with Crippen LogP contribution in [-0.4, -0.2) is 28.8 Å². The maximum Gasteiger partial charge on any atom is 0.416 e. The van der Waals surface area contributed by atoms with E-state index < -0.39 is 12.1 Å². The maximum absolute atomic E-state index is 11.8. The molecule has 120 valence electrons. The minimum Gasteiger partial charge on any atom is -0.464 e. The summed E-state index contributed by atoms with van der Waals surface area (Å²) in [4.78, 5) is 23.4. The topological polar surface area (TPSA) is 68.5 Å². The van der Waals surface area contributed by atoms with Gasteiger partial charge in [-0.05, 0) is 54.5 Å². The fraction of sp³-hybridized carbons (Fsp3) is 0.294. The molecular formula is C17H16BrNO4. The number of fused-ring (bicyclic) bond motifs is 1. The third kappa shape index (κ3) is 2.91. The number of hydrogen-bond donors (Lipinski definition) is 1. The molecule has 1 unspecified atom stereocenters. The number of nitrogens with zero attached hydrogens (tertiary/aromatic N) is 1. The van der Waals surface area contributed by atoms with Gasteiger partial charge in [-0.25, -0.2) is 14.2 Å². The van der Waals surface area contributed by atoms with Gasteiger partial charge >= 0.3 is 12.1 Å². The summed E-state index contributed by atoms with van der Waals surface area (Å²) >= 11 is 3.46. The van der Waals surface area contributed by atoms with Crippen LogP contribution in [0, 0.1) is 0 Å². The highest BCUT2D eigenvalue weighted by Crippen LogP contribution is 2.38. The fourth-order valence-electron chi connectivity index (χ4n) is 3.28. The first-order valence-corrected chi connectivity index (χ1v) is 8.11. The number of rotatable bonds is 3. The molecule has 1 aliphatic carbocycles. The third-order valence-corrected chi connectivity index (χ3v) is 4.76. The molecular weight excluding hydrogens is 362 g/mol. The van der Waals surface area contributed by atoms with E-state index in [1.54, 1.807) is 6.07 Å². The average molecular weight is 378 g/mol. The van der Waals surface area contributed by atoms with E-state index in [0.29, 0.717) is 12.1 Å². The van der Waals surface area contributed by atoms with Gasteiger partial charge in [-0.1, -0.05) is 28.1 Å². The second-order valence-corrected chi connectivity index (χ2v) is 6.53. The fourth-order valence-corrected chi connectivity index (χ4v) is 3.73. The lowest BCUT2D eigenvalue weighted by molar-refractivity contribution is 0.0587. The Morgan fingerprint density at radius 3 is 2.83 bits per heavy atom. The van der Waals surface area contributed by atoms with E-state index in [1.165, 1.54) is 12.7 Å². The number of halogens is 1. The van der Waals surface area contributed by atoms with Crippen LogP contribution < -0.4 is 0 Å². The Morgan fingerprint density at radius 2 is 2.17 bits per heavy atom. The van der Waals surface area contributed by atoms with E-state index in [4.69, 9.17) is 4.74 Å². The lowest BCUT2D eigenvalue weighted by Crippen LogP contribution is -2.18. The van der Waals surface area contributed by atoms with Crippen molar-refractivity contribution in [2.45, 2.75) is 25.2 Å². The molecule has 1 atom stereocenters. The molecule has 0 bridgehead atoms. The van der Waals surface area contributed by atoms with Gasteiger partial charge < -0.3 is 9.84 Å². The molecule has 0 saturated carbocycles. The number of carbonyl (C=O) groups excluding carboxylic acids is 1. The molecule has 1 aromatic carbocycles. The number of hydrogen-bond acceptors (Lipinski definition) is 3. The molecule has 3 rings (SSSR count). The quantitative estimate of drug-likeness (QED) is 0.825. The van der Waals surface area contributed by atoms with Crippen molar-refractivity contribution in [1.82, 2.24) is 4.57 Å². The largest absolute Gasteiger partial charge is 0.464 e. The van der Waals surface area contributed by atoms with Crippen LogP contribution in [0.4, 0.5) is 4.79 Å². The van der Waals surface area contributed by atoms with Crippen LogP contribution in [0.2, 0.25) is 0 Å². The zero-order valence-corrected chi connectivity index (χ0v) is 14.2. The van der Waals surface area contributed by atoms with E-state index in [2.05, 4.69) is 28.1 Å². The standard InChI is InChI=1S/C17H16BrNO4/c1-23-16(20)15-9-13-11(5-6-14(13)19(15)17(21)22)7-10-3-2-4-12(18)8-10/h2-4,8-9,11H,5-7H2,1H3,(H,21,22). The summed E-state index contributed by atoms with van der Waals surface area (Å²) in [5.41, 5.74) is 2.91. The van der Waals surface area contributed by atoms with Crippen molar-refractivity contribution in [2.24, 2.45) is 0 Å². The number of ether oxygens (including phenoxy) is 1. The zero-order chi connectivity index (χ0) is 16.6. The Balaban J connectivity index is 1.96. The second-order valence-electron chi connectivity index (χ2n) is 5.61. The first-order valence-electron chi connectivity index (χ1n) is 7.32. The van der Waals surface area contributed by atoms with Crippen molar-refractivity contribution in [3.63, 3.8) is 0 Å². The van der Waals surface area contributed by atoms with E-state index in [0.717, 1.165) is 27.4 Å². The van der Waals surface area contributed by atoms with Crippen molar-refractivity contribution >= 4 is 28.0 Å². The highest BCUT2D eigenvalue weighted by Gasteiger charge is 2.32. The van der Waals surface area contributed by atoms with Gasteiger partial charge in [0.15, 0.2) is 0 Å². The summed E-state index contributed by atoms with van der Waals surface area (Å²) in [6.45, 7) is 0. The molecule has 5 nitrogen and oxygen atoms in total. The lowest BCUT2D eigenvalue weighted by Gasteiger charge is -2.10. The summed E-state index contributed by atoms with van der Waals surface area (Å²) in [6.07, 6.45) is 1.20. The van der Waals surface area contributed by atoms with Crippen molar-refractivity contribution in [1.29, 1.82) is 0 Å². The number of esters is 1. The van der Waals surface area contributed by atoms with Crippen molar-refractivity contribution in [2.75, 3.05) is 7.11 Å². The van der Waals surface area contributed by atoms with Crippen LogP contribution in [0.3, 0.4) is 0 Å². The second kappa shape index (κ2) is 6.20. The Hall–Kier alpha value is -2.08. The minimum absolute atomic E-state index is 0.0870. The molecule has 1 N–H and O–H groups in total. The molecule has 0 amide bonds. The molecule has 0 radical (unpaired) electrons. The van der Waals surface area contributed by atoms with Crippen LogP contribution in [0.1, 0.15) is 39.6 Å². The first-order chi connectivity index (χ1) is 11.0. The molecule has 23 heavy (non-hydrogen) atoms. The van der Waals surface area contributed by atoms with Gasteiger partial charge in [0.25, 0.3) is 0 Å². The number of carbonyl (C=O) groups is 2. The van der Waals surface area contributed by atoms with Gasteiger partial charge in [0.05, 0.1) is 7.11 Å². The van der Waals surface area contributed by atoms with Crippen LogP contribution in [0.5, 0.6) is 0 Å². The summed E-state index contributed by atoms with van der Waals surface area (Å²) in [6, 6.07) is 9.74. The average Bonchev–Trinajstić information content (AvgIpc) is 3.06. The number of methoxy groups -OCH3 is 1. The van der Waals surface area contributed by atoms with Crippen LogP contribution in [0.15, 0.2) is 34.8 Å². The summed E-state index contributed by atoms with van der Waals surface area (Å²) < 4.78 is 6.80. The number of benzene rings is 1. The molecule has 0 spiro atoms.